The van der Waals surface area contributed by atoms with Gasteiger partial charge >= 0.3 is 0 Å². The maximum absolute atomic E-state index is 10.8. The molecule has 0 saturated carbocycles. The van der Waals surface area contributed by atoms with Crippen LogP contribution in [0.3, 0.4) is 0 Å². The minimum atomic E-state index is -2.94. The van der Waals surface area contributed by atoms with Crippen molar-refractivity contribution in [3.05, 3.63) is 0 Å². The third-order valence-electron chi connectivity index (χ3n) is 1.68. The summed E-state index contributed by atoms with van der Waals surface area (Å²) >= 11 is 0. The molecule has 0 aromatic rings. The van der Waals surface area contributed by atoms with E-state index in [1.165, 1.54) is 6.26 Å². The van der Waals surface area contributed by atoms with Crippen LogP contribution in [0.2, 0.25) is 0 Å². The summed E-state index contributed by atoms with van der Waals surface area (Å²) in [5.41, 5.74) is 2.39. The molecule has 90 valence electrons. The highest BCUT2D eigenvalue weighted by Crippen LogP contribution is 1.86. The molecule has 0 aromatic heterocycles. The van der Waals surface area contributed by atoms with Gasteiger partial charge in [0.1, 0.15) is 9.84 Å². The highest BCUT2D eigenvalue weighted by molar-refractivity contribution is 7.90. The number of hydrazine groups is 1. The number of hydrogen-bond acceptors (Lipinski definition) is 4. The summed E-state index contributed by atoms with van der Waals surface area (Å²) in [5, 5.41) is 2.82. The summed E-state index contributed by atoms with van der Waals surface area (Å²) in [6, 6.07) is 0. The SMILES string of the molecule is CCCCN=C(NN)NCCS(C)(=O)=O. The summed E-state index contributed by atoms with van der Waals surface area (Å²) in [6.45, 7) is 3.07. The second-order valence-electron chi connectivity index (χ2n) is 3.28. The molecule has 7 heteroatoms. The van der Waals surface area contributed by atoms with Crippen molar-refractivity contribution in [3.63, 3.8) is 0 Å². The van der Waals surface area contributed by atoms with Gasteiger partial charge in [-0.05, 0) is 6.42 Å². The van der Waals surface area contributed by atoms with Gasteiger partial charge in [-0.25, -0.2) is 14.3 Å². The van der Waals surface area contributed by atoms with Crippen molar-refractivity contribution < 1.29 is 8.42 Å². The van der Waals surface area contributed by atoms with Crippen molar-refractivity contribution in [2.45, 2.75) is 19.8 Å². The molecule has 0 unspecified atom stereocenters. The van der Waals surface area contributed by atoms with E-state index in [1.54, 1.807) is 0 Å². The lowest BCUT2D eigenvalue weighted by atomic mass is 10.3. The Balaban J connectivity index is 3.85. The lowest BCUT2D eigenvalue weighted by Gasteiger charge is -2.07. The van der Waals surface area contributed by atoms with Gasteiger partial charge in [-0.15, -0.1) is 0 Å². The highest BCUT2D eigenvalue weighted by atomic mass is 32.2. The number of sulfone groups is 1. The predicted molar refractivity (Wildman–Crippen MR) is 62.2 cm³/mol. The first-order valence-corrected chi connectivity index (χ1v) is 6.98. The largest absolute Gasteiger partial charge is 0.354 e. The van der Waals surface area contributed by atoms with E-state index in [4.69, 9.17) is 5.84 Å². The summed E-state index contributed by atoms with van der Waals surface area (Å²) in [5.74, 6) is 5.72. The van der Waals surface area contributed by atoms with E-state index >= 15 is 0 Å². The number of nitrogens with two attached hydrogens (primary N) is 1. The van der Waals surface area contributed by atoms with Crippen LogP contribution in [0.4, 0.5) is 0 Å². The molecule has 0 radical (unpaired) electrons. The zero-order valence-corrected chi connectivity index (χ0v) is 10.1. The maximum atomic E-state index is 10.8. The smallest absolute Gasteiger partial charge is 0.205 e. The first kappa shape index (κ1) is 14.2. The van der Waals surface area contributed by atoms with E-state index in [0.29, 0.717) is 19.0 Å². The van der Waals surface area contributed by atoms with E-state index in [1.807, 2.05) is 0 Å². The van der Waals surface area contributed by atoms with Gasteiger partial charge in [-0.2, -0.15) is 0 Å². The first-order valence-electron chi connectivity index (χ1n) is 4.92. The fourth-order valence-corrected chi connectivity index (χ4v) is 1.33. The Kier molecular flexibility index (Phi) is 7.06. The number of rotatable bonds is 6. The molecular weight excluding hydrogens is 216 g/mol. The van der Waals surface area contributed by atoms with Gasteiger partial charge in [0.2, 0.25) is 5.96 Å². The molecule has 0 bridgehead atoms. The molecule has 0 saturated heterocycles. The topological polar surface area (TPSA) is 96.6 Å². The minimum absolute atomic E-state index is 0.0709. The number of nitrogens with one attached hydrogen (secondary N) is 2. The average molecular weight is 236 g/mol. The van der Waals surface area contributed by atoms with Gasteiger partial charge in [-0.1, -0.05) is 13.3 Å². The molecule has 4 N–H and O–H groups in total. The van der Waals surface area contributed by atoms with Gasteiger partial charge in [0.05, 0.1) is 5.75 Å². The molecule has 0 fully saturated rings. The summed E-state index contributed by atoms with van der Waals surface area (Å²) in [7, 11) is -2.94. The molecule has 0 aliphatic carbocycles. The van der Waals surface area contributed by atoms with Gasteiger partial charge < -0.3 is 5.32 Å². The second-order valence-corrected chi connectivity index (χ2v) is 5.54. The van der Waals surface area contributed by atoms with Crippen molar-refractivity contribution in [2.24, 2.45) is 10.8 Å². The molecule has 0 aromatic carbocycles. The third kappa shape index (κ3) is 9.48. The van der Waals surface area contributed by atoms with Gasteiger partial charge in [0, 0.05) is 19.3 Å². The number of hydrogen-bond donors (Lipinski definition) is 3. The van der Waals surface area contributed by atoms with Gasteiger partial charge in [0.25, 0.3) is 0 Å². The Morgan fingerprint density at radius 2 is 2.13 bits per heavy atom. The van der Waals surface area contributed by atoms with Crippen LogP contribution < -0.4 is 16.6 Å². The zero-order valence-electron chi connectivity index (χ0n) is 9.28. The summed E-state index contributed by atoms with van der Waals surface area (Å²) in [6.07, 6.45) is 3.24. The Morgan fingerprint density at radius 1 is 1.47 bits per heavy atom. The summed E-state index contributed by atoms with van der Waals surface area (Å²) in [4.78, 5) is 4.13. The molecule has 6 nitrogen and oxygen atoms in total. The minimum Gasteiger partial charge on any atom is -0.354 e. The van der Waals surface area contributed by atoms with Crippen LogP contribution in [0, 0.1) is 0 Å². The standard InChI is InChI=1S/C8H20N4O2S/c1-3-4-5-10-8(12-9)11-6-7-15(2,13)14/h3-7,9H2,1-2H3,(H2,10,11,12). The monoisotopic (exact) mass is 236 g/mol. The quantitative estimate of drug-likeness (QED) is 0.185. The Labute approximate surface area is 91.2 Å². The van der Waals surface area contributed by atoms with E-state index in [2.05, 4.69) is 22.7 Å². The first-order chi connectivity index (χ1) is 6.99. The fourth-order valence-electron chi connectivity index (χ4n) is 0.856. The van der Waals surface area contributed by atoms with E-state index in [9.17, 15) is 8.42 Å². The number of nitrogens with zero attached hydrogens (tertiary/aromatic N) is 1. The normalized spacial score (nSPS) is 12.6. The maximum Gasteiger partial charge on any atom is 0.205 e. The number of aliphatic imine (C=N–C) groups is 1. The second kappa shape index (κ2) is 7.47. The Bertz CT molecular complexity index is 287. The molecular formula is C8H20N4O2S. The van der Waals surface area contributed by atoms with E-state index in [-0.39, 0.29) is 5.75 Å². The lowest BCUT2D eigenvalue weighted by molar-refractivity contribution is 0.600. The van der Waals surface area contributed by atoms with Crippen LogP contribution in [-0.2, 0) is 9.84 Å². The fraction of sp³-hybridized carbons (Fsp3) is 0.875. The predicted octanol–water partition coefficient (Wildman–Crippen LogP) is -0.760. The van der Waals surface area contributed by atoms with Crippen molar-refractivity contribution in [3.8, 4) is 0 Å². The molecule has 0 amide bonds. The lowest BCUT2D eigenvalue weighted by Crippen LogP contribution is -2.43. The molecule has 0 atom stereocenters. The number of guanidine groups is 1. The third-order valence-corrected chi connectivity index (χ3v) is 2.63. The van der Waals surface area contributed by atoms with E-state index in [0.717, 1.165) is 12.8 Å². The Morgan fingerprint density at radius 3 is 2.60 bits per heavy atom. The molecule has 0 spiro atoms. The van der Waals surface area contributed by atoms with Crippen LogP contribution in [0.25, 0.3) is 0 Å². The Hall–Kier alpha value is -0.820. The highest BCUT2D eigenvalue weighted by Gasteiger charge is 2.02. The van der Waals surface area contributed by atoms with Crippen LogP contribution in [0.5, 0.6) is 0 Å². The van der Waals surface area contributed by atoms with Crippen molar-refractivity contribution in [1.82, 2.24) is 10.7 Å². The van der Waals surface area contributed by atoms with Crippen LogP contribution in [-0.4, -0.2) is 39.5 Å². The van der Waals surface area contributed by atoms with Crippen molar-refractivity contribution in [1.29, 1.82) is 0 Å². The molecule has 0 aliphatic heterocycles. The average Bonchev–Trinajstić information content (AvgIpc) is 2.14. The molecule has 0 aliphatic rings. The van der Waals surface area contributed by atoms with Crippen molar-refractivity contribution in [2.75, 3.05) is 25.1 Å². The van der Waals surface area contributed by atoms with Crippen LogP contribution in [0.15, 0.2) is 4.99 Å². The number of unbranched alkanes of at least 4 members (excludes halogenated alkanes) is 1. The zero-order chi connectivity index (χ0) is 11.7. The summed E-state index contributed by atoms with van der Waals surface area (Å²) < 4.78 is 21.7. The van der Waals surface area contributed by atoms with Gasteiger partial charge in [-0.3, -0.25) is 10.4 Å². The van der Waals surface area contributed by atoms with Crippen LogP contribution >= 0.6 is 0 Å². The van der Waals surface area contributed by atoms with Crippen molar-refractivity contribution >= 4 is 15.8 Å². The molecule has 15 heavy (non-hydrogen) atoms. The van der Waals surface area contributed by atoms with Crippen LogP contribution in [0.1, 0.15) is 19.8 Å². The van der Waals surface area contributed by atoms with E-state index < -0.39 is 9.84 Å². The molecule has 0 rings (SSSR count). The molecule has 0 heterocycles. The van der Waals surface area contributed by atoms with Gasteiger partial charge in [0.15, 0.2) is 0 Å².